The monoisotopic (exact) mass is 530 g/mol. The lowest BCUT2D eigenvalue weighted by molar-refractivity contribution is -0.154. The van der Waals surface area contributed by atoms with Crippen molar-refractivity contribution in [3.05, 3.63) is 24.3 Å². The van der Waals surface area contributed by atoms with E-state index in [-0.39, 0.29) is 21.5 Å². The average Bonchev–Trinajstić information content (AvgIpc) is 2.91. The van der Waals surface area contributed by atoms with Crippen molar-refractivity contribution in [1.82, 2.24) is 4.90 Å². The van der Waals surface area contributed by atoms with E-state index in [2.05, 4.69) is 37.2 Å². The number of fused-ring (bicyclic) bond motifs is 1. The first-order valence-electron chi connectivity index (χ1n) is 9.03. The van der Waals surface area contributed by atoms with Gasteiger partial charge in [0.25, 0.3) is 5.91 Å². The topological polar surface area (TPSA) is 102 Å². The van der Waals surface area contributed by atoms with Crippen LogP contribution in [0.15, 0.2) is 24.3 Å². The van der Waals surface area contributed by atoms with Crippen LogP contribution in [0.3, 0.4) is 0 Å². The van der Waals surface area contributed by atoms with Crippen LogP contribution in [0.1, 0.15) is 12.8 Å². The van der Waals surface area contributed by atoms with E-state index in [1.54, 1.807) is 24.3 Å². The molecule has 2 fully saturated rings. The Morgan fingerprint density at radius 2 is 1.69 bits per heavy atom. The quantitative estimate of drug-likeness (QED) is 0.342. The lowest BCUT2D eigenvalue weighted by atomic mass is 9.81. The number of hydrogen-bond acceptors (Lipinski definition) is 6. The van der Waals surface area contributed by atoms with Gasteiger partial charge in [-0.2, -0.15) is 0 Å². The molecule has 0 bridgehead atoms. The van der Waals surface area contributed by atoms with Gasteiger partial charge in [-0.25, -0.2) is 0 Å². The average molecular weight is 532 g/mol. The molecular weight excluding hydrogens is 512 g/mol. The minimum absolute atomic E-state index is 0.0890. The number of methoxy groups -OCH3 is 1. The predicted octanol–water partition coefficient (Wildman–Crippen LogP) is 2.10. The van der Waals surface area contributed by atoms with Crippen molar-refractivity contribution in [2.45, 2.75) is 22.5 Å². The summed E-state index contributed by atoms with van der Waals surface area (Å²) in [6.07, 6.45) is 1.05. The number of carbonyl (C=O) groups excluding carboxylic acids is 4. The van der Waals surface area contributed by atoms with E-state index in [0.29, 0.717) is 24.3 Å². The van der Waals surface area contributed by atoms with E-state index in [9.17, 15) is 19.2 Å². The van der Waals surface area contributed by atoms with Gasteiger partial charge in [-0.3, -0.25) is 24.1 Å². The number of amides is 3. The van der Waals surface area contributed by atoms with Crippen LogP contribution in [-0.2, 0) is 23.9 Å². The van der Waals surface area contributed by atoms with E-state index in [1.807, 2.05) is 0 Å². The standard InChI is InChI=1S/C19H20Br2N2O6/c1-28-15-5-3-2-4-14(15)22-16(24)9-29-17(25)8-23-18(26)10-6-12(20)13(21)7-11(10)19(23)27/h2-5,10-13H,6-9H2,1H3,(H,22,24)/t10-,11+,12-,13-/m0/s1. The van der Waals surface area contributed by atoms with Gasteiger partial charge >= 0.3 is 5.97 Å². The molecule has 156 valence electrons. The number of para-hydroxylation sites is 2. The number of alkyl halides is 2. The fraction of sp³-hybridized carbons (Fsp3) is 0.474. The number of carbonyl (C=O) groups is 4. The van der Waals surface area contributed by atoms with Crippen LogP contribution in [0.2, 0.25) is 0 Å². The molecule has 3 amide bonds. The molecule has 1 heterocycles. The number of halogens is 2. The lowest BCUT2D eigenvalue weighted by Crippen LogP contribution is -2.37. The minimum Gasteiger partial charge on any atom is -0.495 e. The molecule has 2 aliphatic rings. The third kappa shape index (κ3) is 4.80. The molecule has 1 aliphatic carbocycles. The number of benzene rings is 1. The summed E-state index contributed by atoms with van der Waals surface area (Å²) in [6, 6.07) is 6.81. The van der Waals surface area contributed by atoms with Crippen molar-refractivity contribution in [3.63, 3.8) is 0 Å². The number of imide groups is 1. The number of rotatable bonds is 6. The second kappa shape index (κ2) is 9.25. The summed E-state index contributed by atoms with van der Waals surface area (Å²) in [4.78, 5) is 50.4. The zero-order valence-electron chi connectivity index (χ0n) is 15.6. The number of anilines is 1. The number of ether oxygens (including phenoxy) is 2. The largest absolute Gasteiger partial charge is 0.495 e. The molecule has 0 spiro atoms. The molecule has 8 nitrogen and oxygen atoms in total. The van der Waals surface area contributed by atoms with Gasteiger partial charge in [0.1, 0.15) is 12.3 Å². The first-order chi connectivity index (χ1) is 13.8. The first-order valence-corrected chi connectivity index (χ1v) is 10.9. The number of nitrogens with one attached hydrogen (secondary N) is 1. The molecule has 1 saturated heterocycles. The van der Waals surface area contributed by atoms with Crippen LogP contribution in [-0.4, -0.2) is 58.5 Å². The fourth-order valence-electron chi connectivity index (χ4n) is 3.57. The van der Waals surface area contributed by atoms with Gasteiger partial charge in [-0.1, -0.05) is 44.0 Å². The number of nitrogens with zero attached hydrogens (tertiary/aromatic N) is 1. The Kier molecular flexibility index (Phi) is 6.94. The third-order valence-corrected chi connectivity index (χ3v) is 7.77. The minimum atomic E-state index is -0.814. The van der Waals surface area contributed by atoms with Crippen molar-refractivity contribution < 1.29 is 28.7 Å². The molecular formula is C19H20Br2N2O6. The maximum atomic E-state index is 12.6. The number of likely N-dealkylation sites (tertiary alicyclic amines) is 1. The molecule has 0 aromatic heterocycles. The highest BCUT2D eigenvalue weighted by molar-refractivity contribution is 9.12. The van der Waals surface area contributed by atoms with Gasteiger partial charge in [-0.05, 0) is 25.0 Å². The van der Waals surface area contributed by atoms with Crippen molar-refractivity contribution in [2.75, 3.05) is 25.6 Å². The van der Waals surface area contributed by atoms with Crippen LogP contribution < -0.4 is 10.1 Å². The first kappa shape index (κ1) is 21.8. The molecule has 3 rings (SSSR count). The summed E-state index contributed by atoms with van der Waals surface area (Å²) in [5.74, 6) is -2.48. The lowest BCUT2D eigenvalue weighted by Gasteiger charge is -2.29. The van der Waals surface area contributed by atoms with E-state index >= 15 is 0 Å². The van der Waals surface area contributed by atoms with Gasteiger partial charge in [-0.15, -0.1) is 0 Å². The molecule has 0 radical (unpaired) electrons. The van der Waals surface area contributed by atoms with Gasteiger partial charge in [0.15, 0.2) is 6.61 Å². The SMILES string of the molecule is COc1ccccc1NC(=O)COC(=O)CN1C(=O)[C@H]2C[C@H](Br)[C@@H](Br)C[C@H]2C1=O. The van der Waals surface area contributed by atoms with Gasteiger partial charge < -0.3 is 14.8 Å². The van der Waals surface area contributed by atoms with E-state index in [0.717, 1.165) is 4.90 Å². The summed E-state index contributed by atoms with van der Waals surface area (Å²) < 4.78 is 10.1. The van der Waals surface area contributed by atoms with Crippen molar-refractivity contribution in [2.24, 2.45) is 11.8 Å². The summed E-state index contributed by atoms with van der Waals surface area (Å²) >= 11 is 7.03. The highest BCUT2D eigenvalue weighted by atomic mass is 79.9. The highest BCUT2D eigenvalue weighted by Crippen LogP contribution is 2.43. The molecule has 1 saturated carbocycles. The summed E-state index contributed by atoms with van der Waals surface area (Å²) in [6.45, 7) is -1.03. The van der Waals surface area contributed by atoms with Gasteiger partial charge in [0.05, 0.1) is 24.6 Å². The normalized spacial score (nSPS) is 26.1. The van der Waals surface area contributed by atoms with Crippen LogP contribution in [0.4, 0.5) is 5.69 Å². The molecule has 1 aromatic rings. The van der Waals surface area contributed by atoms with Crippen molar-refractivity contribution in [1.29, 1.82) is 0 Å². The van der Waals surface area contributed by atoms with Gasteiger partial charge in [0.2, 0.25) is 11.8 Å². The second-order valence-electron chi connectivity index (χ2n) is 6.89. The molecule has 4 atom stereocenters. The Bertz CT molecular complexity index is 805. The van der Waals surface area contributed by atoms with Crippen LogP contribution in [0.25, 0.3) is 0 Å². The van der Waals surface area contributed by atoms with Crippen molar-refractivity contribution >= 4 is 61.2 Å². The Balaban J connectivity index is 1.52. The fourth-order valence-corrected chi connectivity index (χ4v) is 4.81. The maximum absolute atomic E-state index is 12.6. The highest BCUT2D eigenvalue weighted by Gasteiger charge is 2.52. The Morgan fingerprint density at radius 1 is 1.10 bits per heavy atom. The molecule has 1 N–H and O–H groups in total. The van der Waals surface area contributed by atoms with Gasteiger partial charge in [0, 0.05) is 9.65 Å². The van der Waals surface area contributed by atoms with E-state index in [1.165, 1.54) is 7.11 Å². The summed E-state index contributed by atoms with van der Waals surface area (Å²) in [5, 5.41) is 2.58. The zero-order chi connectivity index (χ0) is 21.1. The smallest absolute Gasteiger partial charge is 0.326 e. The molecule has 1 aliphatic heterocycles. The van der Waals surface area contributed by atoms with Crippen LogP contribution in [0, 0.1) is 11.8 Å². The number of esters is 1. The van der Waals surface area contributed by atoms with E-state index in [4.69, 9.17) is 9.47 Å². The molecule has 1 aromatic carbocycles. The summed E-state index contributed by atoms with van der Waals surface area (Å²) in [5.41, 5.74) is 0.443. The molecule has 10 heteroatoms. The molecule has 0 unspecified atom stereocenters. The van der Waals surface area contributed by atoms with Crippen LogP contribution in [0.5, 0.6) is 5.75 Å². The van der Waals surface area contributed by atoms with Crippen molar-refractivity contribution in [3.8, 4) is 5.75 Å². The number of hydrogen-bond donors (Lipinski definition) is 1. The predicted molar refractivity (Wildman–Crippen MR) is 111 cm³/mol. The zero-order valence-corrected chi connectivity index (χ0v) is 18.8. The Hall–Kier alpha value is -1.94. The second-order valence-corrected chi connectivity index (χ2v) is 9.24. The Labute approximate surface area is 184 Å². The summed E-state index contributed by atoms with van der Waals surface area (Å²) in [7, 11) is 1.47. The maximum Gasteiger partial charge on any atom is 0.326 e. The Morgan fingerprint density at radius 3 is 2.28 bits per heavy atom. The third-order valence-electron chi connectivity index (χ3n) is 5.04. The van der Waals surface area contributed by atoms with Crippen LogP contribution >= 0.6 is 31.9 Å². The molecule has 29 heavy (non-hydrogen) atoms. The van der Waals surface area contributed by atoms with E-state index < -0.39 is 36.9 Å².